The molecule has 0 bridgehead atoms. The van der Waals surface area contributed by atoms with E-state index in [-0.39, 0.29) is 5.97 Å². The summed E-state index contributed by atoms with van der Waals surface area (Å²) in [6.07, 6.45) is 0. The Morgan fingerprint density at radius 2 is 1.92 bits per heavy atom. The van der Waals surface area contributed by atoms with E-state index >= 15 is 0 Å². The van der Waals surface area contributed by atoms with Gasteiger partial charge in [-0.1, -0.05) is 47.6 Å². The van der Waals surface area contributed by atoms with Crippen LogP contribution in [0.25, 0.3) is 11.4 Å². The highest BCUT2D eigenvalue weighted by molar-refractivity contribution is 7.98. The third-order valence-corrected chi connectivity index (χ3v) is 4.96. The molecule has 3 aromatic rings. The van der Waals surface area contributed by atoms with Crippen molar-refractivity contribution in [3.05, 3.63) is 64.7 Å². The third-order valence-electron chi connectivity index (χ3n) is 3.61. The Morgan fingerprint density at radius 3 is 2.62 bits per heavy atom. The Balaban J connectivity index is 1.69. The Labute approximate surface area is 160 Å². The van der Waals surface area contributed by atoms with Crippen LogP contribution in [0.15, 0.2) is 53.7 Å². The van der Waals surface area contributed by atoms with Crippen LogP contribution in [0.4, 0.5) is 0 Å². The molecule has 0 fully saturated rings. The Hall–Kier alpha value is -2.51. The average Bonchev–Trinajstić information content (AvgIpc) is 3.01. The summed E-state index contributed by atoms with van der Waals surface area (Å²) in [5, 5.41) is 9.42. The van der Waals surface area contributed by atoms with Crippen LogP contribution in [0.5, 0.6) is 0 Å². The third kappa shape index (κ3) is 4.00. The number of nitrogens with zero attached hydrogens (tertiary/aromatic N) is 3. The number of nitrogens with two attached hydrogens (primary N) is 1. The fraction of sp³-hybridized carbons (Fsp3) is 0.167. The Morgan fingerprint density at radius 1 is 1.19 bits per heavy atom. The molecule has 0 spiro atoms. The zero-order valence-electron chi connectivity index (χ0n) is 14.1. The van der Waals surface area contributed by atoms with Crippen molar-refractivity contribution in [1.82, 2.24) is 14.9 Å². The molecule has 0 atom stereocenters. The molecule has 26 heavy (non-hydrogen) atoms. The monoisotopic (exact) mass is 388 g/mol. The largest absolute Gasteiger partial charge is 0.462 e. The molecule has 6 nitrogen and oxygen atoms in total. The average molecular weight is 389 g/mol. The number of nitrogen functional groups attached to an aromatic ring is 1. The summed E-state index contributed by atoms with van der Waals surface area (Å²) < 4.78 is 6.40. The lowest BCUT2D eigenvalue weighted by Crippen LogP contribution is -2.11. The fourth-order valence-corrected chi connectivity index (χ4v) is 3.33. The van der Waals surface area contributed by atoms with Crippen molar-refractivity contribution >= 4 is 29.3 Å². The van der Waals surface area contributed by atoms with Crippen LogP contribution in [0.1, 0.15) is 22.8 Å². The molecule has 0 aliphatic rings. The van der Waals surface area contributed by atoms with Crippen LogP contribution in [0, 0.1) is 0 Å². The van der Waals surface area contributed by atoms with E-state index in [1.165, 1.54) is 16.4 Å². The van der Waals surface area contributed by atoms with Crippen molar-refractivity contribution in [2.75, 3.05) is 12.4 Å². The van der Waals surface area contributed by atoms with E-state index in [0.29, 0.717) is 33.9 Å². The minimum atomic E-state index is -0.321. The molecular weight excluding hydrogens is 372 g/mol. The van der Waals surface area contributed by atoms with Crippen LogP contribution in [-0.2, 0) is 10.5 Å². The number of thioether (sulfide) groups is 1. The predicted octanol–water partition coefficient (Wildman–Crippen LogP) is 3.78. The smallest absolute Gasteiger partial charge is 0.338 e. The highest BCUT2D eigenvalue weighted by Gasteiger charge is 2.14. The summed E-state index contributed by atoms with van der Waals surface area (Å²) >= 11 is 7.65. The Kier molecular flexibility index (Phi) is 5.80. The van der Waals surface area contributed by atoms with E-state index in [1.807, 2.05) is 30.3 Å². The van der Waals surface area contributed by atoms with Crippen molar-refractivity contribution in [1.29, 1.82) is 0 Å². The number of carbonyl (C=O) groups is 1. The molecule has 8 heteroatoms. The van der Waals surface area contributed by atoms with Crippen LogP contribution in [0.2, 0.25) is 5.02 Å². The number of hydrogen-bond acceptors (Lipinski definition) is 6. The number of esters is 1. The van der Waals surface area contributed by atoms with Gasteiger partial charge in [-0.3, -0.25) is 0 Å². The van der Waals surface area contributed by atoms with Crippen molar-refractivity contribution in [3.8, 4) is 11.4 Å². The zero-order valence-corrected chi connectivity index (χ0v) is 15.6. The minimum Gasteiger partial charge on any atom is -0.462 e. The zero-order chi connectivity index (χ0) is 18.5. The predicted molar refractivity (Wildman–Crippen MR) is 103 cm³/mol. The second-order valence-corrected chi connectivity index (χ2v) is 6.71. The number of ether oxygens (including phenoxy) is 1. The molecule has 1 heterocycles. The molecule has 0 saturated carbocycles. The van der Waals surface area contributed by atoms with E-state index in [1.54, 1.807) is 25.1 Å². The summed E-state index contributed by atoms with van der Waals surface area (Å²) in [5.41, 5.74) is 2.30. The maximum absolute atomic E-state index is 11.7. The molecule has 2 N–H and O–H groups in total. The van der Waals surface area contributed by atoms with Gasteiger partial charge in [0.05, 0.1) is 17.2 Å². The lowest BCUT2D eigenvalue weighted by Gasteiger charge is -2.06. The Bertz CT molecular complexity index is 912. The quantitative estimate of drug-likeness (QED) is 0.393. The number of benzene rings is 2. The van der Waals surface area contributed by atoms with Crippen LogP contribution in [-0.4, -0.2) is 27.4 Å². The number of carbonyl (C=O) groups excluding carboxylic acids is 1. The van der Waals surface area contributed by atoms with Gasteiger partial charge in [0.1, 0.15) is 0 Å². The number of hydrogen-bond donors (Lipinski definition) is 1. The van der Waals surface area contributed by atoms with E-state index in [4.69, 9.17) is 22.2 Å². The van der Waals surface area contributed by atoms with Gasteiger partial charge in [-0.05, 0) is 36.8 Å². The summed E-state index contributed by atoms with van der Waals surface area (Å²) in [5.74, 6) is 6.94. The van der Waals surface area contributed by atoms with Gasteiger partial charge in [-0.2, -0.15) is 0 Å². The van der Waals surface area contributed by atoms with E-state index < -0.39 is 0 Å². The van der Waals surface area contributed by atoms with Crippen LogP contribution in [0.3, 0.4) is 0 Å². The van der Waals surface area contributed by atoms with E-state index in [2.05, 4.69) is 10.2 Å². The molecule has 134 valence electrons. The van der Waals surface area contributed by atoms with Crippen LogP contribution < -0.4 is 5.84 Å². The first kappa shape index (κ1) is 18.3. The second-order valence-electron chi connectivity index (χ2n) is 5.36. The van der Waals surface area contributed by atoms with Gasteiger partial charge in [0, 0.05) is 11.3 Å². The summed E-state index contributed by atoms with van der Waals surface area (Å²) in [4.78, 5) is 11.7. The van der Waals surface area contributed by atoms with Gasteiger partial charge in [-0.25, -0.2) is 9.47 Å². The molecule has 0 aliphatic heterocycles. The van der Waals surface area contributed by atoms with Gasteiger partial charge in [0.15, 0.2) is 5.82 Å². The first-order valence-electron chi connectivity index (χ1n) is 7.94. The summed E-state index contributed by atoms with van der Waals surface area (Å²) in [6.45, 7) is 2.14. The van der Waals surface area contributed by atoms with Crippen LogP contribution >= 0.6 is 23.4 Å². The maximum Gasteiger partial charge on any atom is 0.338 e. The molecule has 0 unspecified atom stereocenters. The molecule has 0 aliphatic carbocycles. The molecule has 0 amide bonds. The van der Waals surface area contributed by atoms with Crippen molar-refractivity contribution in [2.24, 2.45) is 0 Å². The van der Waals surface area contributed by atoms with Gasteiger partial charge in [0.2, 0.25) is 5.16 Å². The van der Waals surface area contributed by atoms with Gasteiger partial charge in [0.25, 0.3) is 0 Å². The lowest BCUT2D eigenvalue weighted by atomic mass is 10.1. The summed E-state index contributed by atoms with van der Waals surface area (Å²) in [7, 11) is 0. The fourth-order valence-electron chi connectivity index (χ4n) is 2.30. The number of halogens is 1. The molecule has 0 radical (unpaired) electrons. The first-order valence-corrected chi connectivity index (χ1v) is 9.30. The van der Waals surface area contributed by atoms with Gasteiger partial charge >= 0.3 is 5.97 Å². The molecule has 2 aromatic carbocycles. The summed E-state index contributed by atoms with van der Waals surface area (Å²) in [6, 6.07) is 14.6. The molecular formula is C18H17ClN4O2S. The molecule has 0 saturated heterocycles. The van der Waals surface area contributed by atoms with E-state index in [9.17, 15) is 4.79 Å². The highest BCUT2D eigenvalue weighted by atomic mass is 35.5. The van der Waals surface area contributed by atoms with Gasteiger partial charge in [-0.15, -0.1) is 10.2 Å². The highest BCUT2D eigenvalue weighted by Crippen LogP contribution is 2.28. The van der Waals surface area contributed by atoms with Crippen molar-refractivity contribution < 1.29 is 9.53 Å². The normalized spacial score (nSPS) is 10.7. The van der Waals surface area contributed by atoms with Crippen molar-refractivity contribution in [3.63, 3.8) is 0 Å². The first-order chi connectivity index (χ1) is 12.6. The molecule has 3 rings (SSSR count). The van der Waals surface area contributed by atoms with Crippen molar-refractivity contribution in [2.45, 2.75) is 17.8 Å². The minimum absolute atomic E-state index is 0.321. The SMILES string of the molecule is CCOC(=O)c1ccc(CSc2nnc(-c3ccccc3Cl)n2N)cc1. The molecule has 1 aromatic heterocycles. The number of aromatic nitrogens is 3. The van der Waals surface area contributed by atoms with Gasteiger partial charge < -0.3 is 10.6 Å². The van der Waals surface area contributed by atoms with E-state index in [0.717, 1.165) is 11.1 Å². The topological polar surface area (TPSA) is 83.0 Å². The number of rotatable bonds is 6. The standard InChI is InChI=1S/C18H17ClN4O2S/c1-2-25-17(24)13-9-7-12(8-10-13)11-26-18-22-21-16(23(18)20)14-5-3-4-6-15(14)19/h3-10H,2,11,20H2,1H3. The lowest BCUT2D eigenvalue weighted by molar-refractivity contribution is 0.0526. The second kappa shape index (κ2) is 8.25. The maximum atomic E-state index is 11.7.